The Morgan fingerprint density at radius 1 is 1.50 bits per heavy atom. The standard InChI is InChI=1S/C11H22N4O/c1-5-11(4,16)7-13-10-9(12)8(3)14-15(10)6-2/h13,16H,5-7,12H2,1-4H3. The van der Waals surface area contributed by atoms with Gasteiger partial charge in [-0.15, -0.1) is 0 Å². The van der Waals surface area contributed by atoms with E-state index in [2.05, 4.69) is 10.4 Å². The first kappa shape index (κ1) is 12.8. The summed E-state index contributed by atoms with van der Waals surface area (Å²) in [7, 11) is 0. The van der Waals surface area contributed by atoms with Crippen LogP contribution in [0.4, 0.5) is 11.5 Å². The normalized spacial score (nSPS) is 14.8. The Bertz CT molecular complexity index is 357. The molecule has 5 heteroatoms. The van der Waals surface area contributed by atoms with Crippen molar-refractivity contribution in [2.24, 2.45) is 0 Å². The van der Waals surface area contributed by atoms with Crippen LogP contribution in [0.1, 0.15) is 32.9 Å². The summed E-state index contributed by atoms with van der Waals surface area (Å²) in [6, 6.07) is 0. The van der Waals surface area contributed by atoms with Gasteiger partial charge in [0, 0.05) is 13.1 Å². The van der Waals surface area contributed by atoms with Crippen LogP contribution in [0.3, 0.4) is 0 Å². The predicted octanol–water partition coefficient (Wildman–Crippen LogP) is 1.37. The molecule has 1 aromatic rings. The molecule has 0 aliphatic rings. The largest absolute Gasteiger partial charge is 0.394 e. The third kappa shape index (κ3) is 2.66. The molecule has 1 rings (SSSR count). The number of anilines is 2. The first-order valence-corrected chi connectivity index (χ1v) is 5.70. The van der Waals surface area contributed by atoms with Crippen molar-refractivity contribution >= 4 is 11.5 Å². The number of hydrogen-bond acceptors (Lipinski definition) is 4. The van der Waals surface area contributed by atoms with E-state index in [1.54, 1.807) is 6.92 Å². The van der Waals surface area contributed by atoms with Crippen molar-refractivity contribution in [3.63, 3.8) is 0 Å². The lowest BCUT2D eigenvalue weighted by atomic mass is 10.0. The number of aryl methyl sites for hydroxylation is 2. The fourth-order valence-corrected chi connectivity index (χ4v) is 1.41. The van der Waals surface area contributed by atoms with Crippen LogP contribution in [0.2, 0.25) is 0 Å². The lowest BCUT2D eigenvalue weighted by Gasteiger charge is -2.22. The lowest BCUT2D eigenvalue weighted by molar-refractivity contribution is 0.0696. The van der Waals surface area contributed by atoms with Gasteiger partial charge in [0.05, 0.1) is 17.0 Å². The summed E-state index contributed by atoms with van der Waals surface area (Å²) < 4.78 is 1.82. The molecule has 0 amide bonds. The fraction of sp³-hybridized carbons (Fsp3) is 0.727. The summed E-state index contributed by atoms with van der Waals surface area (Å²) >= 11 is 0. The first-order chi connectivity index (χ1) is 7.41. The number of nitrogens with one attached hydrogen (secondary N) is 1. The molecule has 16 heavy (non-hydrogen) atoms. The number of rotatable bonds is 5. The van der Waals surface area contributed by atoms with Crippen LogP contribution in [0, 0.1) is 6.92 Å². The monoisotopic (exact) mass is 226 g/mol. The summed E-state index contributed by atoms with van der Waals surface area (Å²) in [6.07, 6.45) is 0.694. The minimum absolute atomic E-state index is 0.471. The van der Waals surface area contributed by atoms with Crippen molar-refractivity contribution in [3.05, 3.63) is 5.69 Å². The maximum absolute atomic E-state index is 9.91. The van der Waals surface area contributed by atoms with Gasteiger partial charge in [-0.05, 0) is 27.2 Å². The van der Waals surface area contributed by atoms with E-state index in [-0.39, 0.29) is 0 Å². The third-order valence-electron chi connectivity index (χ3n) is 2.87. The molecule has 1 atom stereocenters. The van der Waals surface area contributed by atoms with E-state index in [0.717, 1.165) is 18.1 Å². The van der Waals surface area contributed by atoms with Crippen LogP contribution >= 0.6 is 0 Å². The molecule has 0 saturated heterocycles. The van der Waals surface area contributed by atoms with E-state index in [1.807, 2.05) is 25.5 Å². The molecule has 0 spiro atoms. The Labute approximate surface area is 96.6 Å². The topological polar surface area (TPSA) is 76.1 Å². The van der Waals surface area contributed by atoms with Crippen LogP contribution in [-0.2, 0) is 6.54 Å². The molecule has 5 nitrogen and oxygen atoms in total. The van der Waals surface area contributed by atoms with Gasteiger partial charge in [-0.3, -0.25) is 0 Å². The minimum Gasteiger partial charge on any atom is -0.394 e. The third-order valence-corrected chi connectivity index (χ3v) is 2.87. The molecule has 0 aliphatic heterocycles. The number of nitrogen functional groups attached to an aromatic ring is 1. The SMILES string of the molecule is CCn1nc(C)c(N)c1NCC(C)(O)CC. The van der Waals surface area contributed by atoms with Gasteiger partial charge in [0.2, 0.25) is 0 Å². The number of hydrogen-bond donors (Lipinski definition) is 3. The van der Waals surface area contributed by atoms with Gasteiger partial charge in [-0.1, -0.05) is 6.92 Å². The molecular formula is C11H22N4O. The highest BCUT2D eigenvalue weighted by Crippen LogP contribution is 2.23. The molecule has 0 fully saturated rings. The smallest absolute Gasteiger partial charge is 0.148 e. The molecule has 1 aromatic heterocycles. The van der Waals surface area contributed by atoms with E-state index in [0.29, 0.717) is 18.7 Å². The van der Waals surface area contributed by atoms with E-state index in [9.17, 15) is 5.11 Å². The van der Waals surface area contributed by atoms with Crippen molar-refractivity contribution in [1.29, 1.82) is 0 Å². The second kappa shape index (κ2) is 4.74. The molecular weight excluding hydrogens is 204 g/mol. The molecule has 0 bridgehead atoms. The van der Waals surface area contributed by atoms with Crippen LogP contribution in [-0.4, -0.2) is 27.0 Å². The number of aliphatic hydroxyl groups is 1. The van der Waals surface area contributed by atoms with Crippen molar-refractivity contribution in [3.8, 4) is 0 Å². The van der Waals surface area contributed by atoms with Crippen molar-refractivity contribution < 1.29 is 5.11 Å². The average molecular weight is 226 g/mol. The van der Waals surface area contributed by atoms with Crippen LogP contribution in [0.15, 0.2) is 0 Å². The van der Waals surface area contributed by atoms with E-state index >= 15 is 0 Å². The lowest BCUT2D eigenvalue weighted by Crippen LogP contribution is -2.33. The van der Waals surface area contributed by atoms with Crippen LogP contribution in [0.5, 0.6) is 0 Å². The highest BCUT2D eigenvalue weighted by molar-refractivity contribution is 5.64. The Morgan fingerprint density at radius 3 is 2.62 bits per heavy atom. The van der Waals surface area contributed by atoms with Crippen molar-refractivity contribution in [2.45, 2.75) is 46.3 Å². The Balaban J connectivity index is 2.81. The first-order valence-electron chi connectivity index (χ1n) is 5.70. The second-order valence-corrected chi connectivity index (χ2v) is 4.37. The highest BCUT2D eigenvalue weighted by Gasteiger charge is 2.19. The maximum atomic E-state index is 9.91. The quantitative estimate of drug-likeness (QED) is 0.708. The molecule has 0 aliphatic carbocycles. The molecule has 0 saturated carbocycles. The number of aromatic nitrogens is 2. The van der Waals surface area contributed by atoms with E-state index in [4.69, 9.17) is 5.73 Å². The molecule has 1 unspecified atom stereocenters. The molecule has 0 radical (unpaired) electrons. The predicted molar refractivity (Wildman–Crippen MR) is 66.5 cm³/mol. The van der Waals surface area contributed by atoms with Crippen LogP contribution in [0.25, 0.3) is 0 Å². The Kier molecular flexibility index (Phi) is 3.80. The zero-order valence-corrected chi connectivity index (χ0v) is 10.5. The zero-order chi connectivity index (χ0) is 12.3. The van der Waals surface area contributed by atoms with Gasteiger partial charge in [0.15, 0.2) is 0 Å². The average Bonchev–Trinajstić information content (AvgIpc) is 2.52. The van der Waals surface area contributed by atoms with Gasteiger partial charge in [0.1, 0.15) is 5.82 Å². The van der Waals surface area contributed by atoms with Gasteiger partial charge >= 0.3 is 0 Å². The summed E-state index contributed by atoms with van der Waals surface area (Å²) in [4.78, 5) is 0. The van der Waals surface area contributed by atoms with E-state index in [1.165, 1.54) is 0 Å². The van der Waals surface area contributed by atoms with Crippen molar-refractivity contribution in [1.82, 2.24) is 9.78 Å². The number of nitrogens with two attached hydrogens (primary N) is 1. The fourth-order valence-electron chi connectivity index (χ4n) is 1.41. The van der Waals surface area contributed by atoms with E-state index < -0.39 is 5.60 Å². The zero-order valence-electron chi connectivity index (χ0n) is 10.5. The van der Waals surface area contributed by atoms with Crippen LogP contribution < -0.4 is 11.1 Å². The second-order valence-electron chi connectivity index (χ2n) is 4.37. The molecule has 4 N–H and O–H groups in total. The molecule has 0 aromatic carbocycles. The Morgan fingerprint density at radius 2 is 2.12 bits per heavy atom. The summed E-state index contributed by atoms with van der Waals surface area (Å²) in [6.45, 7) is 8.87. The van der Waals surface area contributed by atoms with Gasteiger partial charge in [0.25, 0.3) is 0 Å². The van der Waals surface area contributed by atoms with Gasteiger partial charge in [-0.25, -0.2) is 4.68 Å². The van der Waals surface area contributed by atoms with Crippen molar-refractivity contribution in [2.75, 3.05) is 17.6 Å². The summed E-state index contributed by atoms with van der Waals surface area (Å²) in [5, 5.41) is 17.4. The molecule has 1 heterocycles. The molecule has 92 valence electrons. The number of nitrogens with zero attached hydrogens (tertiary/aromatic N) is 2. The van der Waals surface area contributed by atoms with Gasteiger partial charge < -0.3 is 16.2 Å². The maximum Gasteiger partial charge on any atom is 0.148 e. The summed E-state index contributed by atoms with van der Waals surface area (Å²) in [5.74, 6) is 0.800. The highest BCUT2D eigenvalue weighted by atomic mass is 16.3. The minimum atomic E-state index is -0.719. The summed E-state index contributed by atoms with van der Waals surface area (Å²) in [5.41, 5.74) is 6.68. The van der Waals surface area contributed by atoms with Gasteiger partial charge in [-0.2, -0.15) is 5.10 Å². The Hall–Kier alpha value is -1.23.